The van der Waals surface area contributed by atoms with Crippen LogP contribution < -0.4 is 0 Å². The molecule has 1 heterocycles. The fourth-order valence-electron chi connectivity index (χ4n) is 2.64. The summed E-state index contributed by atoms with van der Waals surface area (Å²) in [4.78, 5) is 12.6. The number of ketones is 1. The summed E-state index contributed by atoms with van der Waals surface area (Å²) in [5.74, 6) is 0.918. The van der Waals surface area contributed by atoms with Gasteiger partial charge in [0.1, 0.15) is 0 Å². The first kappa shape index (κ1) is 17.4. The van der Waals surface area contributed by atoms with Gasteiger partial charge in [-0.2, -0.15) is 0 Å². The maximum Gasteiger partial charge on any atom is 0.191 e. The fourth-order valence-corrected chi connectivity index (χ4v) is 3.53. The second-order valence-corrected chi connectivity index (χ2v) is 7.48. The van der Waals surface area contributed by atoms with Gasteiger partial charge >= 0.3 is 0 Å². The van der Waals surface area contributed by atoms with E-state index in [1.807, 2.05) is 67.9 Å². The summed E-state index contributed by atoms with van der Waals surface area (Å²) in [5, 5.41) is 9.13. The quantitative estimate of drug-likeness (QED) is 0.503. The minimum absolute atomic E-state index is 0.102. The summed E-state index contributed by atoms with van der Waals surface area (Å²) in [5.41, 5.74) is 4.08. The van der Waals surface area contributed by atoms with Gasteiger partial charge in [-0.15, -0.1) is 10.2 Å². The van der Waals surface area contributed by atoms with Crippen molar-refractivity contribution in [2.75, 3.05) is 0 Å². The van der Waals surface area contributed by atoms with Crippen LogP contribution in [0.15, 0.2) is 53.7 Å². The maximum atomic E-state index is 12.6. The lowest BCUT2D eigenvalue weighted by molar-refractivity contribution is 0.0994. The molecule has 5 heteroatoms. The van der Waals surface area contributed by atoms with E-state index in [2.05, 4.69) is 23.2 Å². The first-order valence-corrected chi connectivity index (χ1v) is 9.08. The predicted molar refractivity (Wildman–Crippen MR) is 102 cm³/mol. The summed E-state index contributed by atoms with van der Waals surface area (Å²) in [7, 11) is 1.94. The molecular weight excluding hydrogens is 330 g/mol. The fraction of sp³-hybridized carbons (Fsp3) is 0.250. The lowest BCUT2D eigenvalue weighted by Gasteiger charge is -2.11. The zero-order valence-corrected chi connectivity index (χ0v) is 15.7. The number of carbonyl (C=O) groups is 1. The summed E-state index contributed by atoms with van der Waals surface area (Å²) in [6, 6.07) is 15.8. The number of aromatic nitrogens is 3. The van der Waals surface area contributed by atoms with Crippen molar-refractivity contribution in [1.82, 2.24) is 14.8 Å². The Hall–Kier alpha value is -2.40. The number of thioether (sulfide) groups is 1. The summed E-state index contributed by atoms with van der Waals surface area (Å²) in [6.07, 6.45) is 0. The first-order valence-electron chi connectivity index (χ1n) is 8.20. The zero-order valence-electron chi connectivity index (χ0n) is 14.9. The van der Waals surface area contributed by atoms with E-state index in [9.17, 15) is 4.79 Å². The van der Waals surface area contributed by atoms with Crippen LogP contribution in [0, 0.1) is 13.8 Å². The number of aryl methyl sites for hydroxylation is 2. The topological polar surface area (TPSA) is 47.8 Å². The highest BCUT2D eigenvalue weighted by Gasteiger charge is 2.20. The zero-order chi connectivity index (χ0) is 18.0. The van der Waals surface area contributed by atoms with Crippen molar-refractivity contribution in [3.63, 3.8) is 0 Å². The molecule has 1 atom stereocenters. The van der Waals surface area contributed by atoms with Gasteiger partial charge in [0, 0.05) is 18.2 Å². The molecule has 128 valence electrons. The highest BCUT2D eigenvalue weighted by atomic mass is 32.2. The minimum atomic E-state index is -0.227. The molecule has 1 aromatic heterocycles. The molecule has 0 aliphatic carbocycles. The van der Waals surface area contributed by atoms with Crippen LogP contribution in [0.5, 0.6) is 0 Å². The van der Waals surface area contributed by atoms with E-state index in [4.69, 9.17) is 0 Å². The van der Waals surface area contributed by atoms with E-state index in [1.54, 1.807) is 0 Å². The Bertz CT molecular complexity index is 900. The molecule has 0 aliphatic heterocycles. The molecule has 25 heavy (non-hydrogen) atoms. The molecule has 0 amide bonds. The Labute approximate surface area is 152 Å². The monoisotopic (exact) mass is 351 g/mol. The molecule has 0 N–H and O–H groups in total. The normalized spacial score (nSPS) is 12.2. The number of carbonyl (C=O) groups excluding carboxylic acids is 1. The van der Waals surface area contributed by atoms with E-state index in [1.165, 1.54) is 11.8 Å². The largest absolute Gasteiger partial charge is 0.305 e. The number of rotatable bonds is 5. The lowest BCUT2D eigenvalue weighted by atomic mass is 10.1. The van der Waals surface area contributed by atoms with Crippen molar-refractivity contribution >= 4 is 17.5 Å². The van der Waals surface area contributed by atoms with Crippen LogP contribution in [-0.2, 0) is 7.05 Å². The highest BCUT2D eigenvalue weighted by Crippen LogP contribution is 2.28. The van der Waals surface area contributed by atoms with E-state index >= 15 is 0 Å². The average Bonchev–Trinajstić information content (AvgIpc) is 2.96. The third-order valence-electron chi connectivity index (χ3n) is 4.21. The van der Waals surface area contributed by atoms with Gasteiger partial charge < -0.3 is 4.57 Å². The molecule has 0 fully saturated rings. The number of Topliss-reactive ketones (excluding diaryl/α,β-unsaturated/α-hetero) is 1. The molecule has 0 spiro atoms. The first-order chi connectivity index (χ1) is 12.0. The van der Waals surface area contributed by atoms with E-state index in [0.29, 0.717) is 0 Å². The van der Waals surface area contributed by atoms with Gasteiger partial charge in [-0.3, -0.25) is 4.79 Å². The highest BCUT2D eigenvalue weighted by molar-refractivity contribution is 8.00. The molecule has 0 saturated heterocycles. The molecule has 2 aromatic carbocycles. The van der Waals surface area contributed by atoms with Gasteiger partial charge in [-0.1, -0.05) is 65.9 Å². The SMILES string of the molecule is Cc1ccc(C(=O)C(C)Sc2nnc(-c3ccccc3C)n2C)cc1. The summed E-state index contributed by atoms with van der Waals surface area (Å²) >= 11 is 1.44. The smallest absolute Gasteiger partial charge is 0.191 e. The molecule has 0 bridgehead atoms. The Morgan fingerprint density at radius 3 is 2.40 bits per heavy atom. The second kappa shape index (κ2) is 7.23. The molecule has 4 nitrogen and oxygen atoms in total. The number of hydrogen-bond donors (Lipinski definition) is 0. The van der Waals surface area contributed by atoms with E-state index < -0.39 is 0 Å². The third-order valence-corrected chi connectivity index (χ3v) is 5.34. The van der Waals surface area contributed by atoms with Crippen molar-refractivity contribution in [3.8, 4) is 11.4 Å². The second-order valence-electron chi connectivity index (χ2n) is 6.17. The molecule has 3 rings (SSSR count). The molecule has 0 aliphatic rings. The summed E-state index contributed by atoms with van der Waals surface area (Å²) in [6.45, 7) is 5.98. The maximum absolute atomic E-state index is 12.6. The van der Waals surface area contributed by atoms with Gasteiger partial charge in [0.05, 0.1) is 5.25 Å². The Balaban J connectivity index is 1.81. The molecule has 1 unspecified atom stereocenters. The van der Waals surface area contributed by atoms with E-state index in [0.717, 1.165) is 33.2 Å². The predicted octanol–water partition coefficient (Wildman–Crippen LogP) is 4.46. The number of benzene rings is 2. The molecule has 0 saturated carbocycles. The van der Waals surface area contributed by atoms with Crippen molar-refractivity contribution < 1.29 is 4.79 Å². The number of nitrogens with zero attached hydrogens (tertiary/aromatic N) is 3. The van der Waals surface area contributed by atoms with Gasteiger partial charge in [0.2, 0.25) is 0 Å². The van der Waals surface area contributed by atoms with Crippen molar-refractivity contribution in [2.24, 2.45) is 7.05 Å². The van der Waals surface area contributed by atoms with Crippen LogP contribution in [0.25, 0.3) is 11.4 Å². The van der Waals surface area contributed by atoms with Crippen molar-refractivity contribution in [1.29, 1.82) is 0 Å². The van der Waals surface area contributed by atoms with Crippen LogP contribution in [-0.4, -0.2) is 25.8 Å². The van der Waals surface area contributed by atoms with Crippen molar-refractivity contribution in [2.45, 2.75) is 31.2 Å². The lowest BCUT2D eigenvalue weighted by Crippen LogP contribution is -2.14. The van der Waals surface area contributed by atoms with Crippen LogP contribution in [0.2, 0.25) is 0 Å². The van der Waals surface area contributed by atoms with Crippen LogP contribution in [0.1, 0.15) is 28.4 Å². The van der Waals surface area contributed by atoms with Crippen LogP contribution in [0.3, 0.4) is 0 Å². The average molecular weight is 351 g/mol. The van der Waals surface area contributed by atoms with Gasteiger partial charge in [0.15, 0.2) is 16.8 Å². The Morgan fingerprint density at radius 1 is 1.04 bits per heavy atom. The Kier molecular flexibility index (Phi) is 5.04. The third kappa shape index (κ3) is 3.66. The van der Waals surface area contributed by atoms with Gasteiger partial charge in [-0.05, 0) is 26.3 Å². The summed E-state index contributed by atoms with van der Waals surface area (Å²) < 4.78 is 1.95. The number of hydrogen-bond acceptors (Lipinski definition) is 4. The van der Waals surface area contributed by atoms with Gasteiger partial charge in [0.25, 0.3) is 0 Å². The standard InChI is InChI=1S/C20H21N3OS/c1-13-9-11-16(12-10-13)18(24)15(3)25-20-22-21-19(23(20)4)17-8-6-5-7-14(17)2/h5-12,15H,1-4H3. The van der Waals surface area contributed by atoms with Gasteiger partial charge in [-0.25, -0.2) is 0 Å². The van der Waals surface area contributed by atoms with Crippen LogP contribution >= 0.6 is 11.8 Å². The van der Waals surface area contributed by atoms with Crippen LogP contribution in [0.4, 0.5) is 0 Å². The van der Waals surface area contributed by atoms with Crippen molar-refractivity contribution in [3.05, 3.63) is 65.2 Å². The molecule has 3 aromatic rings. The van der Waals surface area contributed by atoms with E-state index in [-0.39, 0.29) is 11.0 Å². The minimum Gasteiger partial charge on any atom is -0.305 e. The molecule has 0 radical (unpaired) electrons. The molecular formula is C20H21N3OS. The Morgan fingerprint density at radius 2 is 1.72 bits per heavy atom.